The van der Waals surface area contributed by atoms with E-state index in [0.29, 0.717) is 28.4 Å². The quantitative estimate of drug-likeness (QED) is 0.647. The number of thioether (sulfide) groups is 1. The minimum absolute atomic E-state index is 0.0910. The summed E-state index contributed by atoms with van der Waals surface area (Å²) in [5, 5.41) is 11.6. The SMILES string of the molecule is O=C(CSc1nnc(-c2ccco2)o1)NCCc1ccc(Cl)cc1. The first-order valence-corrected chi connectivity index (χ1v) is 8.58. The number of halogens is 1. The minimum atomic E-state index is -0.0910. The van der Waals surface area contributed by atoms with Crippen LogP contribution in [-0.4, -0.2) is 28.4 Å². The van der Waals surface area contributed by atoms with Crippen LogP contribution in [0.1, 0.15) is 5.56 Å². The Labute approximate surface area is 147 Å². The number of benzene rings is 1. The van der Waals surface area contributed by atoms with Crippen molar-refractivity contribution in [3.05, 3.63) is 53.2 Å². The zero-order chi connectivity index (χ0) is 16.8. The van der Waals surface area contributed by atoms with Gasteiger partial charge >= 0.3 is 0 Å². The molecule has 0 unspecified atom stereocenters. The van der Waals surface area contributed by atoms with E-state index in [4.69, 9.17) is 20.4 Å². The second-order valence-electron chi connectivity index (χ2n) is 4.87. The largest absolute Gasteiger partial charge is 0.459 e. The summed E-state index contributed by atoms with van der Waals surface area (Å²) in [6, 6.07) is 11.0. The molecule has 24 heavy (non-hydrogen) atoms. The molecule has 3 aromatic rings. The summed E-state index contributed by atoms with van der Waals surface area (Å²) in [5.74, 6) is 0.916. The first-order valence-electron chi connectivity index (χ1n) is 7.22. The fourth-order valence-corrected chi connectivity index (χ4v) is 2.66. The van der Waals surface area contributed by atoms with E-state index in [0.717, 1.165) is 12.0 Å². The van der Waals surface area contributed by atoms with Gasteiger partial charge in [0, 0.05) is 11.6 Å². The molecule has 124 valence electrons. The molecule has 1 N–H and O–H groups in total. The van der Waals surface area contributed by atoms with Crippen molar-refractivity contribution in [1.29, 1.82) is 0 Å². The van der Waals surface area contributed by atoms with Crippen LogP contribution in [0.4, 0.5) is 0 Å². The average molecular weight is 364 g/mol. The number of nitrogens with one attached hydrogen (secondary N) is 1. The van der Waals surface area contributed by atoms with Crippen molar-refractivity contribution >= 4 is 29.3 Å². The van der Waals surface area contributed by atoms with Gasteiger partial charge in [-0.2, -0.15) is 0 Å². The van der Waals surface area contributed by atoms with Crippen molar-refractivity contribution in [2.75, 3.05) is 12.3 Å². The van der Waals surface area contributed by atoms with E-state index < -0.39 is 0 Å². The summed E-state index contributed by atoms with van der Waals surface area (Å²) in [6.45, 7) is 0.558. The first kappa shape index (κ1) is 16.6. The van der Waals surface area contributed by atoms with Crippen LogP contribution in [-0.2, 0) is 11.2 Å². The van der Waals surface area contributed by atoms with Crippen LogP contribution in [0.2, 0.25) is 5.02 Å². The molecule has 3 rings (SSSR count). The molecule has 0 radical (unpaired) electrons. The molecule has 0 fully saturated rings. The van der Waals surface area contributed by atoms with Gasteiger partial charge in [0.1, 0.15) is 0 Å². The van der Waals surface area contributed by atoms with E-state index in [2.05, 4.69) is 15.5 Å². The monoisotopic (exact) mass is 363 g/mol. The molecule has 2 heterocycles. The molecule has 0 bridgehead atoms. The maximum absolute atomic E-state index is 11.8. The van der Waals surface area contributed by atoms with Crippen LogP contribution in [0.25, 0.3) is 11.7 Å². The predicted molar refractivity (Wildman–Crippen MR) is 90.9 cm³/mol. The molecule has 0 atom stereocenters. The molecule has 0 saturated carbocycles. The topological polar surface area (TPSA) is 81.2 Å². The molecule has 0 aliphatic heterocycles. The van der Waals surface area contributed by atoms with Crippen LogP contribution in [0.5, 0.6) is 0 Å². The van der Waals surface area contributed by atoms with Crippen LogP contribution in [0.3, 0.4) is 0 Å². The number of aromatic nitrogens is 2. The lowest BCUT2D eigenvalue weighted by atomic mass is 10.1. The van der Waals surface area contributed by atoms with Gasteiger partial charge in [-0.25, -0.2) is 0 Å². The summed E-state index contributed by atoms with van der Waals surface area (Å²) in [4.78, 5) is 11.8. The van der Waals surface area contributed by atoms with Gasteiger partial charge in [0.15, 0.2) is 5.76 Å². The number of nitrogens with zero attached hydrogens (tertiary/aromatic N) is 2. The molecular weight excluding hydrogens is 350 g/mol. The van der Waals surface area contributed by atoms with Crippen LogP contribution in [0.15, 0.2) is 56.7 Å². The number of rotatable bonds is 7. The summed E-state index contributed by atoms with van der Waals surface area (Å²) in [7, 11) is 0. The molecule has 8 heteroatoms. The Morgan fingerprint density at radius 2 is 2.04 bits per heavy atom. The molecular formula is C16H14ClN3O3S. The fraction of sp³-hybridized carbons (Fsp3) is 0.188. The van der Waals surface area contributed by atoms with E-state index >= 15 is 0 Å². The van der Waals surface area contributed by atoms with E-state index in [-0.39, 0.29) is 11.7 Å². The summed E-state index contributed by atoms with van der Waals surface area (Å²) in [5.41, 5.74) is 1.12. The van der Waals surface area contributed by atoms with Crippen molar-refractivity contribution < 1.29 is 13.6 Å². The highest BCUT2D eigenvalue weighted by atomic mass is 35.5. The smallest absolute Gasteiger partial charge is 0.284 e. The maximum Gasteiger partial charge on any atom is 0.284 e. The Kier molecular flexibility index (Phi) is 5.55. The van der Waals surface area contributed by atoms with E-state index in [1.165, 1.54) is 18.0 Å². The number of carbonyl (C=O) groups excluding carboxylic acids is 1. The minimum Gasteiger partial charge on any atom is -0.459 e. The lowest BCUT2D eigenvalue weighted by Gasteiger charge is -2.04. The third-order valence-electron chi connectivity index (χ3n) is 3.11. The second kappa shape index (κ2) is 8.03. The third-order valence-corrected chi connectivity index (χ3v) is 4.18. The van der Waals surface area contributed by atoms with Crippen molar-refractivity contribution in [2.45, 2.75) is 11.6 Å². The van der Waals surface area contributed by atoms with Gasteiger partial charge in [-0.3, -0.25) is 4.79 Å². The molecule has 1 amide bonds. The zero-order valence-electron chi connectivity index (χ0n) is 12.6. The van der Waals surface area contributed by atoms with Gasteiger partial charge in [0.25, 0.3) is 11.1 Å². The third kappa shape index (κ3) is 4.62. The standard InChI is InChI=1S/C16H14ClN3O3S/c17-12-5-3-11(4-6-12)7-8-18-14(21)10-24-16-20-19-15(23-16)13-2-1-9-22-13/h1-6,9H,7-8,10H2,(H,18,21). The summed E-state index contributed by atoms with van der Waals surface area (Å²) < 4.78 is 10.6. The maximum atomic E-state index is 11.8. The highest BCUT2D eigenvalue weighted by molar-refractivity contribution is 7.99. The van der Waals surface area contributed by atoms with Gasteiger partial charge < -0.3 is 14.2 Å². The normalized spacial score (nSPS) is 10.7. The first-order chi connectivity index (χ1) is 11.7. The highest BCUT2D eigenvalue weighted by Gasteiger charge is 2.12. The molecule has 1 aromatic carbocycles. The van der Waals surface area contributed by atoms with E-state index in [1.807, 2.05) is 24.3 Å². The lowest BCUT2D eigenvalue weighted by molar-refractivity contribution is -0.118. The number of hydrogen-bond acceptors (Lipinski definition) is 6. The zero-order valence-corrected chi connectivity index (χ0v) is 14.1. The fourth-order valence-electron chi connectivity index (χ4n) is 1.94. The average Bonchev–Trinajstić information content (AvgIpc) is 3.26. The van der Waals surface area contributed by atoms with Gasteiger partial charge in [0.2, 0.25) is 5.91 Å². The summed E-state index contributed by atoms with van der Waals surface area (Å²) >= 11 is 7.02. The van der Waals surface area contributed by atoms with Crippen molar-refractivity contribution in [3.8, 4) is 11.7 Å². The molecule has 2 aromatic heterocycles. The molecule has 0 spiro atoms. The van der Waals surface area contributed by atoms with Crippen molar-refractivity contribution in [3.63, 3.8) is 0 Å². The second-order valence-corrected chi connectivity index (χ2v) is 6.23. The number of hydrogen-bond donors (Lipinski definition) is 1. The number of furan rings is 1. The van der Waals surface area contributed by atoms with Crippen LogP contribution >= 0.6 is 23.4 Å². The Morgan fingerprint density at radius 1 is 1.21 bits per heavy atom. The molecule has 0 aliphatic rings. The molecule has 6 nitrogen and oxygen atoms in total. The Balaban J connectivity index is 1.40. The van der Waals surface area contributed by atoms with Crippen LogP contribution < -0.4 is 5.32 Å². The van der Waals surface area contributed by atoms with Crippen LogP contribution in [0, 0.1) is 0 Å². The number of amides is 1. The Bertz CT molecular complexity index is 787. The molecule has 0 aliphatic carbocycles. The van der Waals surface area contributed by atoms with Gasteiger partial charge in [0.05, 0.1) is 12.0 Å². The lowest BCUT2D eigenvalue weighted by Crippen LogP contribution is -2.27. The predicted octanol–water partition coefficient (Wildman–Crippen LogP) is 3.43. The summed E-state index contributed by atoms with van der Waals surface area (Å²) in [6.07, 6.45) is 2.28. The van der Waals surface area contributed by atoms with Gasteiger partial charge in [-0.05, 0) is 36.2 Å². The molecule has 0 saturated heterocycles. The van der Waals surface area contributed by atoms with Gasteiger partial charge in [-0.15, -0.1) is 10.2 Å². The Hall–Kier alpha value is -2.25. The Morgan fingerprint density at radius 3 is 2.79 bits per heavy atom. The highest BCUT2D eigenvalue weighted by Crippen LogP contribution is 2.23. The number of carbonyl (C=O) groups is 1. The van der Waals surface area contributed by atoms with E-state index in [9.17, 15) is 4.79 Å². The van der Waals surface area contributed by atoms with Crippen molar-refractivity contribution in [1.82, 2.24) is 15.5 Å². The van der Waals surface area contributed by atoms with E-state index in [1.54, 1.807) is 12.1 Å². The van der Waals surface area contributed by atoms with Crippen molar-refractivity contribution in [2.24, 2.45) is 0 Å². The van der Waals surface area contributed by atoms with Gasteiger partial charge in [-0.1, -0.05) is 35.5 Å².